The molecule has 1 aliphatic heterocycles. The van der Waals surface area contributed by atoms with Gasteiger partial charge in [-0.25, -0.2) is 0 Å². The third-order valence-corrected chi connectivity index (χ3v) is 4.25. The van der Waals surface area contributed by atoms with E-state index in [-0.39, 0.29) is 6.61 Å². The Morgan fingerprint density at radius 3 is 2.48 bits per heavy atom. The Morgan fingerprint density at radius 2 is 1.76 bits per heavy atom. The molecule has 21 heavy (non-hydrogen) atoms. The normalized spacial score (nSPS) is 17.0. The summed E-state index contributed by atoms with van der Waals surface area (Å²) in [5.41, 5.74) is 10.7. The zero-order valence-corrected chi connectivity index (χ0v) is 12.2. The summed E-state index contributed by atoms with van der Waals surface area (Å²) >= 11 is 0. The van der Waals surface area contributed by atoms with Crippen molar-refractivity contribution < 1.29 is 5.11 Å². The molecule has 0 amide bonds. The van der Waals surface area contributed by atoms with Crippen LogP contribution in [0, 0.1) is 0 Å². The molecule has 3 rings (SSSR count). The highest BCUT2D eigenvalue weighted by Gasteiger charge is 2.27. The topological polar surface area (TPSA) is 49.5 Å². The smallest absolute Gasteiger partial charge is 0.0681 e. The third-order valence-electron chi connectivity index (χ3n) is 4.25. The lowest BCUT2D eigenvalue weighted by atomic mass is 9.98. The van der Waals surface area contributed by atoms with Gasteiger partial charge in [0.15, 0.2) is 0 Å². The van der Waals surface area contributed by atoms with Crippen LogP contribution in [0.3, 0.4) is 0 Å². The zero-order valence-electron chi connectivity index (χ0n) is 12.2. The second-order valence-electron chi connectivity index (χ2n) is 5.69. The molecule has 0 fully saturated rings. The molecule has 0 aromatic heterocycles. The van der Waals surface area contributed by atoms with Crippen LogP contribution in [-0.4, -0.2) is 18.2 Å². The lowest BCUT2D eigenvalue weighted by Crippen LogP contribution is -2.22. The minimum atomic E-state index is 0.103. The molecule has 1 atom stereocenters. The van der Waals surface area contributed by atoms with Gasteiger partial charge in [0.1, 0.15) is 0 Å². The van der Waals surface area contributed by atoms with Crippen molar-refractivity contribution in [2.75, 3.05) is 18.0 Å². The van der Waals surface area contributed by atoms with Gasteiger partial charge in [-0.1, -0.05) is 42.5 Å². The van der Waals surface area contributed by atoms with Gasteiger partial charge in [-0.2, -0.15) is 0 Å². The SMILES string of the molecule is NCCC1CN(Cc2ccc(CO)cc2)c2ccccc21. The van der Waals surface area contributed by atoms with Crippen molar-refractivity contribution in [2.45, 2.75) is 25.5 Å². The number of aliphatic hydroxyl groups excluding tert-OH is 1. The highest BCUT2D eigenvalue weighted by atomic mass is 16.3. The van der Waals surface area contributed by atoms with Gasteiger partial charge < -0.3 is 15.7 Å². The second-order valence-corrected chi connectivity index (χ2v) is 5.69. The average molecular weight is 282 g/mol. The van der Waals surface area contributed by atoms with Gasteiger partial charge in [-0.05, 0) is 35.7 Å². The van der Waals surface area contributed by atoms with Crippen LogP contribution in [0.25, 0.3) is 0 Å². The molecule has 1 unspecified atom stereocenters. The van der Waals surface area contributed by atoms with E-state index in [1.54, 1.807) is 0 Å². The fraction of sp³-hybridized carbons (Fsp3) is 0.333. The van der Waals surface area contributed by atoms with Crippen LogP contribution >= 0.6 is 0 Å². The molecule has 0 bridgehead atoms. The van der Waals surface area contributed by atoms with E-state index in [4.69, 9.17) is 10.8 Å². The molecule has 1 aliphatic rings. The van der Waals surface area contributed by atoms with Gasteiger partial charge in [0, 0.05) is 24.7 Å². The maximum atomic E-state index is 9.11. The van der Waals surface area contributed by atoms with Crippen LogP contribution in [0.15, 0.2) is 48.5 Å². The lowest BCUT2D eigenvalue weighted by Gasteiger charge is -2.20. The van der Waals surface area contributed by atoms with Crippen LogP contribution in [0.4, 0.5) is 5.69 Å². The Morgan fingerprint density at radius 1 is 1.05 bits per heavy atom. The number of hydrogen-bond acceptors (Lipinski definition) is 3. The summed E-state index contributed by atoms with van der Waals surface area (Å²) in [4.78, 5) is 2.43. The number of aliphatic hydroxyl groups is 1. The summed E-state index contributed by atoms with van der Waals surface area (Å²) in [5.74, 6) is 0.544. The molecule has 0 radical (unpaired) electrons. The Kier molecular flexibility index (Phi) is 4.23. The molecule has 0 saturated carbocycles. The molecule has 2 aromatic carbocycles. The summed E-state index contributed by atoms with van der Waals surface area (Å²) in [7, 11) is 0. The minimum Gasteiger partial charge on any atom is -0.392 e. The molecular weight excluding hydrogens is 260 g/mol. The molecule has 0 aliphatic carbocycles. The number of nitrogens with zero attached hydrogens (tertiary/aromatic N) is 1. The van der Waals surface area contributed by atoms with Crippen molar-refractivity contribution in [1.82, 2.24) is 0 Å². The highest BCUT2D eigenvalue weighted by molar-refractivity contribution is 5.60. The van der Waals surface area contributed by atoms with Crippen molar-refractivity contribution in [3.63, 3.8) is 0 Å². The molecular formula is C18H22N2O. The number of rotatable bonds is 5. The van der Waals surface area contributed by atoms with Crippen LogP contribution in [-0.2, 0) is 13.2 Å². The fourth-order valence-electron chi connectivity index (χ4n) is 3.15. The summed E-state index contributed by atoms with van der Waals surface area (Å²) in [6.45, 7) is 2.78. The van der Waals surface area contributed by atoms with Gasteiger partial charge >= 0.3 is 0 Å². The number of fused-ring (bicyclic) bond motifs is 1. The molecule has 1 heterocycles. The van der Waals surface area contributed by atoms with Crippen molar-refractivity contribution >= 4 is 5.69 Å². The molecule has 3 nitrogen and oxygen atoms in total. The standard InChI is InChI=1S/C18H22N2O/c19-10-9-16-12-20(18-4-2-1-3-17(16)18)11-14-5-7-15(13-21)8-6-14/h1-8,16,21H,9-13,19H2. The maximum Gasteiger partial charge on any atom is 0.0681 e. The van der Waals surface area contributed by atoms with Crippen molar-refractivity contribution in [3.8, 4) is 0 Å². The molecule has 0 saturated heterocycles. The van der Waals surface area contributed by atoms with Gasteiger partial charge in [-0.15, -0.1) is 0 Å². The molecule has 3 N–H and O–H groups in total. The average Bonchev–Trinajstić information content (AvgIpc) is 2.87. The summed E-state index contributed by atoms with van der Waals surface area (Å²) in [6, 6.07) is 16.8. The van der Waals surface area contributed by atoms with E-state index in [1.807, 2.05) is 12.1 Å². The minimum absolute atomic E-state index is 0.103. The van der Waals surface area contributed by atoms with E-state index in [1.165, 1.54) is 16.8 Å². The van der Waals surface area contributed by atoms with Crippen molar-refractivity contribution in [3.05, 3.63) is 65.2 Å². The predicted molar refractivity (Wildman–Crippen MR) is 86.3 cm³/mol. The summed E-state index contributed by atoms with van der Waals surface area (Å²) < 4.78 is 0. The first-order valence-electron chi connectivity index (χ1n) is 7.54. The number of nitrogens with two attached hydrogens (primary N) is 1. The van der Waals surface area contributed by atoms with E-state index in [9.17, 15) is 0 Å². The number of hydrogen-bond donors (Lipinski definition) is 2. The summed E-state index contributed by atoms with van der Waals surface area (Å²) in [5, 5.41) is 9.11. The molecule has 3 heteroatoms. The molecule has 0 spiro atoms. The molecule has 110 valence electrons. The van der Waals surface area contributed by atoms with Gasteiger partial charge in [0.25, 0.3) is 0 Å². The Hall–Kier alpha value is -1.84. The monoisotopic (exact) mass is 282 g/mol. The number of anilines is 1. The van der Waals surface area contributed by atoms with Crippen LogP contribution in [0.1, 0.15) is 29.0 Å². The van der Waals surface area contributed by atoms with E-state index < -0.39 is 0 Å². The number of benzene rings is 2. The van der Waals surface area contributed by atoms with Crippen molar-refractivity contribution in [2.24, 2.45) is 5.73 Å². The second kappa shape index (κ2) is 6.29. The third kappa shape index (κ3) is 2.94. The van der Waals surface area contributed by atoms with Crippen LogP contribution in [0.5, 0.6) is 0 Å². The molecule has 2 aromatic rings. The lowest BCUT2D eigenvalue weighted by molar-refractivity contribution is 0.282. The van der Waals surface area contributed by atoms with E-state index in [0.29, 0.717) is 5.92 Å². The van der Waals surface area contributed by atoms with Gasteiger partial charge in [0.2, 0.25) is 0 Å². The Balaban J connectivity index is 1.79. The first-order chi connectivity index (χ1) is 10.3. The quantitative estimate of drug-likeness (QED) is 0.886. The van der Waals surface area contributed by atoms with Crippen LogP contribution in [0.2, 0.25) is 0 Å². The first-order valence-corrected chi connectivity index (χ1v) is 7.54. The maximum absolute atomic E-state index is 9.11. The van der Waals surface area contributed by atoms with Gasteiger partial charge in [-0.3, -0.25) is 0 Å². The van der Waals surface area contributed by atoms with Crippen molar-refractivity contribution in [1.29, 1.82) is 0 Å². The Labute approximate surface area is 126 Å². The highest BCUT2D eigenvalue weighted by Crippen LogP contribution is 2.38. The Bertz CT molecular complexity index is 594. The van der Waals surface area contributed by atoms with E-state index in [0.717, 1.165) is 31.6 Å². The zero-order chi connectivity index (χ0) is 14.7. The largest absolute Gasteiger partial charge is 0.392 e. The first kappa shape index (κ1) is 14.1. The number of para-hydroxylation sites is 1. The van der Waals surface area contributed by atoms with Crippen LogP contribution < -0.4 is 10.6 Å². The summed E-state index contributed by atoms with van der Waals surface area (Å²) in [6.07, 6.45) is 1.04. The fourth-order valence-corrected chi connectivity index (χ4v) is 3.15. The predicted octanol–water partition coefficient (Wildman–Crippen LogP) is 2.63. The van der Waals surface area contributed by atoms with E-state index >= 15 is 0 Å². The van der Waals surface area contributed by atoms with Gasteiger partial charge in [0.05, 0.1) is 6.61 Å². The van der Waals surface area contributed by atoms with E-state index in [2.05, 4.69) is 41.3 Å².